The molecule has 0 aromatic heterocycles. The zero-order chi connectivity index (χ0) is 15.9. The first-order valence-corrected chi connectivity index (χ1v) is 6.96. The second kappa shape index (κ2) is 5.28. The smallest absolute Gasteiger partial charge is 0.157 e. The lowest BCUT2D eigenvalue weighted by molar-refractivity contribution is -0.161. The van der Waals surface area contributed by atoms with Crippen LogP contribution in [0.3, 0.4) is 0 Å². The number of aliphatic hydroxyl groups excluding tert-OH is 1. The Bertz CT molecular complexity index is 449. The maximum Gasteiger partial charge on any atom is 0.157 e. The first-order valence-electron chi connectivity index (χ1n) is 6.96. The Hall–Kier alpha value is -1.23. The molecule has 2 N–H and O–H groups in total. The minimum Gasteiger partial charge on any atom is -0.411 e. The quantitative estimate of drug-likeness (QED) is 0.359. The molecule has 1 fully saturated rings. The molecule has 1 aliphatic carbocycles. The van der Waals surface area contributed by atoms with Gasteiger partial charge in [-0.15, -0.1) is 0 Å². The minimum atomic E-state index is -1.18. The molecule has 5 heteroatoms. The van der Waals surface area contributed by atoms with E-state index in [1.807, 2.05) is 13.8 Å². The topological polar surface area (TPSA) is 87.0 Å². The van der Waals surface area contributed by atoms with Gasteiger partial charge in [-0.05, 0) is 26.2 Å². The summed E-state index contributed by atoms with van der Waals surface area (Å²) in [5.41, 5.74) is -1.97. The van der Waals surface area contributed by atoms with Gasteiger partial charge in [-0.3, -0.25) is 9.59 Å². The number of carbonyl (C=O) groups is 2. The molecule has 2 unspecified atom stereocenters. The normalized spacial score (nSPS) is 29.9. The number of oxime groups is 1. The summed E-state index contributed by atoms with van der Waals surface area (Å²) in [7, 11) is 0. The Balaban J connectivity index is 3.31. The van der Waals surface area contributed by atoms with Gasteiger partial charge in [0.2, 0.25) is 0 Å². The molecule has 20 heavy (non-hydrogen) atoms. The third-order valence-electron chi connectivity index (χ3n) is 4.21. The predicted octanol–water partition coefficient (Wildman–Crippen LogP) is 2.04. The van der Waals surface area contributed by atoms with Gasteiger partial charge >= 0.3 is 0 Å². The number of Topliss-reactive ketones (excluding diaryl/α,β-unsaturated/α-hetero) is 2. The Morgan fingerprint density at radius 1 is 1.25 bits per heavy atom. The van der Waals surface area contributed by atoms with Crippen molar-refractivity contribution in [2.75, 3.05) is 0 Å². The lowest BCUT2D eigenvalue weighted by atomic mass is 9.56. The van der Waals surface area contributed by atoms with Crippen LogP contribution in [0.15, 0.2) is 5.16 Å². The summed E-state index contributed by atoms with van der Waals surface area (Å²) in [6.07, 6.45) is -0.759. The van der Waals surface area contributed by atoms with Gasteiger partial charge in [0.15, 0.2) is 11.6 Å². The fourth-order valence-electron chi connectivity index (χ4n) is 2.98. The third kappa shape index (κ3) is 2.51. The molecule has 114 valence electrons. The zero-order valence-corrected chi connectivity index (χ0v) is 13.1. The molecule has 0 saturated heterocycles. The molecule has 1 rings (SSSR count). The minimum absolute atomic E-state index is 0.185. The van der Waals surface area contributed by atoms with Gasteiger partial charge in [0.25, 0.3) is 0 Å². The molecule has 0 amide bonds. The van der Waals surface area contributed by atoms with Crippen molar-refractivity contribution in [2.45, 2.75) is 54.1 Å². The van der Waals surface area contributed by atoms with Crippen molar-refractivity contribution >= 4 is 17.3 Å². The summed E-state index contributed by atoms with van der Waals surface area (Å²) in [5.74, 6) is -1.39. The summed E-state index contributed by atoms with van der Waals surface area (Å²) in [6.45, 7) is 10.3. The second-order valence-electron chi connectivity index (χ2n) is 7.15. The summed E-state index contributed by atoms with van der Waals surface area (Å²) in [6, 6.07) is 0. The van der Waals surface area contributed by atoms with Gasteiger partial charge < -0.3 is 10.3 Å². The van der Waals surface area contributed by atoms with Gasteiger partial charge in [-0.25, -0.2) is 0 Å². The molecular weight excluding hydrogens is 258 g/mol. The molecule has 1 aliphatic rings. The summed E-state index contributed by atoms with van der Waals surface area (Å²) in [4.78, 5) is 24.9. The highest BCUT2D eigenvalue weighted by molar-refractivity contribution is 6.19. The maximum atomic E-state index is 12.6. The van der Waals surface area contributed by atoms with Crippen molar-refractivity contribution in [3.05, 3.63) is 0 Å². The standard InChI is InChI=1S/C15H25NO4/c1-8(2)7-9(16-20)10-11(17)14(3,4)13(19)15(5,6)12(10)18/h8,10-11,17,20H,7H2,1-6H3/b16-9+. The molecule has 2 atom stereocenters. The monoisotopic (exact) mass is 283 g/mol. The van der Waals surface area contributed by atoms with Crippen molar-refractivity contribution in [1.29, 1.82) is 0 Å². The first kappa shape index (κ1) is 16.8. The van der Waals surface area contributed by atoms with Crippen LogP contribution in [0, 0.1) is 22.7 Å². The van der Waals surface area contributed by atoms with Crippen LogP contribution < -0.4 is 0 Å². The van der Waals surface area contributed by atoms with E-state index in [1.54, 1.807) is 27.7 Å². The lowest BCUT2D eigenvalue weighted by Crippen LogP contribution is -2.61. The van der Waals surface area contributed by atoms with Crippen molar-refractivity contribution in [3.8, 4) is 0 Å². The Morgan fingerprint density at radius 3 is 2.15 bits per heavy atom. The molecule has 0 aromatic rings. The van der Waals surface area contributed by atoms with E-state index >= 15 is 0 Å². The van der Waals surface area contributed by atoms with Crippen molar-refractivity contribution in [3.63, 3.8) is 0 Å². The highest BCUT2D eigenvalue weighted by Gasteiger charge is 2.59. The van der Waals surface area contributed by atoms with Crippen molar-refractivity contribution < 1.29 is 19.9 Å². The summed E-state index contributed by atoms with van der Waals surface area (Å²) < 4.78 is 0. The molecule has 0 aromatic carbocycles. The lowest BCUT2D eigenvalue weighted by Gasteiger charge is -2.45. The number of nitrogens with zero attached hydrogens (tertiary/aromatic N) is 1. The molecule has 0 spiro atoms. The third-order valence-corrected chi connectivity index (χ3v) is 4.21. The highest BCUT2D eigenvalue weighted by Crippen LogP contribution is 2.44. The number of ketones is 2. The highest BCUT2D eigenvalue weighted by atomic mass is 16.4. The van der Waals surface area contributed by atoms with E-state index in [4.69, 9.17) is 0 Å². The van der Waals surface area contributed by atoms with Gasteiger partial charge in [0.1, 0.15) is 0 Å². The zero-order valence-electron chi connectivity index (χ0n) is 13.1. The van der Waals surface area contributed by atoms with Gasteiger partial charge in [-0.1, -0.05) is 32.9 Å². The Morgan fingerprint density at radius 2 is 1.75 bits per heavy atom. The van der Waals surface area contributed by atoms with Crippen molar-refractivity contribution in [2.24, 2.45) is 27.8 Å². The summed E-state index contributed by atoms with van der Waals surface area (Å²) >= 11 is 0. The number of carbonyl (C=O) groups excluding carboxylic acids is 2. The average molecular weight is 283 g/mol. The van der Waals surface area contributed by atoms with Crippen LogP contribution in [0.25, 0.3) is 0 Å². The fourth-order valence-corrected chi connectivity index (χ4v) is 2.98. The van der Waals surface area contributed by atoms with Crippen LogP contribution >= 0.6 is 0 Å². The van der Waals surface area contributed by atoms with Gasteiger partial charge in [0.05, 0.1) is 28.6 Å². The second-order valence-corrected chi connectivity index (χ2v) is 7.15. The van der Waals surface area contributed by atoms with E-state index in [2.05, 4.69) is 5.16 Å². The molecule has 0 heterocycles. The first-order chi connectivity index (χ1) is 8.97. The predicted molar refractivity (Wildman–Crippen MR) is 75.7 cm³/mol. The van der Waals surface area contributed by atoms with Crippen LogP contribution in [-0.2, 0) is 9.59 Å². The van der Waals surface area contributed by atoms with E-state index in [9.17, 15) is 19.9 Å². The largest absolute Gasteiger partial charge is 0.411 e. The molecule has 1 saturated carbocycles. The molecule has 0 radical (unpaired) electrons. The molecular formula is C15H25NO4. The maximum absolute atomic E-state index is 12.6. The Kier molecular flexibility index (Phi) is 4.44. The van der Waals surface area contributed by atoms with Crippen molar-refractivity contribution in [1.82, 2.24) is 0 Å². The number of hydrogen-bond donors (Lipinski definition) is 2. The average Bonchev–Trinajstić information content (AvgIpc) is 2.34. The summed E-state index contributed by atoms with van der Waals surface area (Å²) in [5, 5.41) is 22.9. The van der Waals surface area contributed by atoms with Crippen LogP contribution in [-0.4, -0.2) is 33.7 Å². The fraction of sp³-hybridized carbons (Fsp3) is 0.800. The number of aliphatic hydroxyl groups is 1. The van der Waals surface area contributed by atoms with Gasteiger partial charge in [-0.2, -0.15) is 0 Å². The van der Waals surface area contributed by atoms with Crippen LogP contribution in [0.5, 0.6) is 0 Å². The SMILES string of the molecule is CC(C)C/C(=N\O)C1C(=O)C(C)(C)C(=O)C(C)(C)C1O. The molecule has 0 aliphatic heterocycles. The van der Waals surface area contributed by atoms with Crippen LogP contribution in [0.4, 0.5) is 0 Å². The number of rotatable bonds is 3. The van der Waals surface area contributed by atoms with E-state index in [0.29, 0.717) is 6.42 Å². The Labute approximate surface area is 120 Å². The van der Waals surface area contributed by atoms with E-state index in [-0.39, 0.29) is 23.2 Å². The van der Waals surface area contributed by atoms with Gasteiger partial charge in [0, 0.05) is 0 Å². The molecule has 0 bridgehead atoms. The van der Waals surface area contributed by atoms with E-state index < -0.39 is 22.9 Å². The number of hydrogen-bond acceptors (Lipinski definition) is 5. The molecule has 5 nitrogen and oxygen atoms in total. The van der Waals surface area contributed by atoms with Crippen LogP contribution in [0.2, 0.25) is 0 Å². The van der Waals surface area contributed by atoms with Crippen LogP contribution in [0.1, 0.15) is 48.0 Å². The van der Waals surface area contributed by atoms with E-state index in [1.165, 1.54) is 0 Å². The van der Waals surface area contributed by atoms with E-state index in [0.717, 1.165) is 0 Å².